The number of pyridine rings is 1. The van der Waals surface area contributed by atoms with E-state index >= 15 is 0 Å². The molecule has 7 nitrogen and oxygen atoms in total. The summed E-state index contributed by atoms with van der Waals surface area (Å²) >= 11 is 1.74. The van der Waals surface area contributed by atoms with Crippen molar-refractivity contribution in [1.29, 1.82) is 0 Å². The maximum Gasteiger partial charge on any atom is 0.252 e. The molecule has 1 saturated carbocycles. The number of aromatic amines is 1. The van der Waals surface area contributed by atoms with Crippen molar-refractivity contribution in [3.8, 4) is 0 Å². The molecule has 1 fully saturated rings. The van der Waals surface area contributed by atoms with E-state index in [1.165, 1.54) is 23.3 Å². The van der Waals surface area contributed by atoms with Crippen molar-refractivity contribution in [2.24, 2.45) is 5.92 Å². The zero-order chi connectivity index (χ0) is 24.5. The van der Waals surface area contributed by atoms with Crippen LogP contribution in [0.1, 0.15) is 79.0 Å². The number of aryl methyl sites for hydroxylation is 2. The minimum absolute atomic E-state index is 0.0126. The summed E-state index contributed by atoms with van der Waals surface area (Å²) in [6.45, 7) is 9.84. The predicted octanol–water partition coefficient (Wildman–Crippen LogP) is 5.71. The summed E-state index contributed by atoms with van der Waals surface area (Å²) in [4.78, 5) is 20.1. The van der Waals surface area contributed by atoms with Gasteiger partial charge in [0.1, 0.15) is 0 Å². The summed E-state index contributed by atoms with van der Waals surface area (Å²) in [5.41, 5.74) is 3.92. The number of fused-ring (bicyclic) bond motifs is 1. The van der Waals surface area contributed by atoms with Crippen LogP contribution in [0, 0.1) is 19.8 Å². The molecule has 0 radical (unpaired) electrons. The molecule has 3 aromatic heterocycles. The van der Waals surface area contributed by atoms with E-state index in [0.717, 1.165) is 47.2 Å². The standard InChI is InChI=1S/C27H34N6OS/c1-17(2)25(26-29-30-31-33(26)21-8-5-6-9-21)32(16-22-10-7-13-35-22)15-20-14-23-18(3)11-12-19(4)24(23)28-27(20)34/h7,10-14,17,21,25H,5-6,8-9,15-16H2,1-4H3,(H,28,34). The molecule has 184 valence electrons. The minimum atomic E-state index is -0.0275. The monoisotopic (exact) mass is 490 g/mol. The molecule has 1 aromatic carbocycles. The first kappa shape index (κ1) is 23.9. The van der Waals surface area contributed by atoms with E-state index in [4.69, 9.17) is 0 Å². The van der Waals surface area contributed by atoms with Crippen molar-refractivity contribution in [1.82, 2.24) is 30.1 Å². The van der Waals surface area contributed by atoms with Crippen molar-refractivity contribution in [2.75, 3.05) is 0 Å². The number of benzene rings is 1. The highest BCUT2D eigenvalue weighted by Gasteiger charge is 2.33. The van der Waals surface area contributed by atoms with Crippen LogP contribution in [-0.2, 0) is 13.1 Å². The molecule has 1 N–H and O–H groups in total. The van der Waals surface area contributed by atoms with E-state index in [9.17, 15) is 4.79 Å². The average Bonchev–Trinajstić information content (AvgIpc) is 3.60. The average molecular weight is 491 g/mol. The first-order chi connectivity index (χ1) is 16.9. The number of thiophene rings is 1. The van der Waals surface area contributed by atoms with Crippen molar-refractivity contribution < 1.29 is 0 Å². The van der Waals surface area contributed by atoms with Gasteiger partial charge in [-0.05, 0) is 71.7 Å². The molecular weight excluding hydrogens is 456 g/mol. The highest BCUT2D eigenvalue weighted by molar-refractivity contribution is 7.09. The molecule has 8 heteroatoms. The zero-order valence-electron chi connectivity index (χ0n) is 21.0. The van der Waals surface area contributed by atoms with Gasteiger partial charge in [0, 0.05) is 28.9 Å². The quantitative estimate of drug-likeness (QED) is 0.342. The van der Waals surface area contributed by atoms with Crippen LogP contribution in [0.3, 0.4) is 0 Å². The number of aromatic nitrogens is 5. The number of nitrogens with zero attached hydrogens (tertiary/aromatic N) is 5. The maximum absolute atomic E-state index is 13.3. The van der Waals surface area contributed by atoms with Gasteiger partial charge >= 0.3 is 0 Å². The fraction of sp³-hybridized carbons (Fsp3) is 0.481. The number of tetrazole rings is 1. The van der Waals surface area contributed by atoms with Gasteiger partial charge in [0.25, 0.3) is 5.56 Å². The smallest absolute Gasteiger partial charge is 0.252 e. The van der Waals surface area contributed by atoms with Crippen molar-refractivity contribution >= 4 is 22.2 Å². The van der Waals surface area contributed by atoms with Crippen LogP contribution in [0.25, 0.3) is 10.9 Å². The predicted molar refractivity (Wildman–Crippen MR) is 141 cm³/mol. The lowest BCUT2D eigenvalue weighted by Crippen LogP contribution is -2.35. The Kier molecular flexibility index (Phi) is 6.84. The molecule has 0 spiro atoms. The van der Waals surface area contributed by atoms with E-state index in [0.29, 0.717) is 12.6 Å². The fourth-order valence-corrected chi connectivity index (χ4v) is 6.23. The van der Waals surface area contributed by atoms with E-state index in [1.807, 2.05) is 6.92 Å². The van der Waals surface area contributed by atoms with Gasteiger partial charge in [-0.1, -0.05) is 44.9 Å². The third-order valence-corrected chi connectivity index (χ3v) is 8.17. The van der Waals surface area contributed by atoms with Crippen LogP contribution < -0.4 is 5.56 Å². The third-order valence-electron chi connectivity index (χ3n) is 7.31. The molecule has 0 saturated heterocycles. The minimum Gasteiger partial charge on any atom is -0.321 e. The third kappa shape index (κ3) is 4.82. The molecule has 4 aromatic rings. The normalized spacial score (nSPS) is 15.6. The van der Waals surface area contributed by atoms with Gasteiger partial charge in [-0.3, -0.25) is 9.69 Å². The molecule has 1 aliphatic rings. The SMILES string of the molecule is Cc1ccc(C)c2[nH]c(=O)c(CN(Cc3cccs3)C(c3nnnn3C3CCCC3)C(C)C)cc12. The summed E-state index contributed by atoms with van der Waals surface area (Å²) in [6, 6.07) is 10.9. The molecule has 0 bridgehead atoms. The molecule has 5 rings (SSSR count). The van der Waals surface area contributed by atoms with Gasteiger partial charge < -0.3 is 4.98 Å². The van der Waals surface area contributed by atoms with E-state index < -0.39 is 0 Å². The van der Waals surface area contributed by atoms with Crippen LogP contribution in [0.15, 0.2) is 40.5 Å². The molecule has 0 amide bonds. The number of hydrogen-bond acceptors (Lipinski definition) is 6. The Bertz CT molecular complexity index is 1350. The summed E-state index contributed by atoms with van der Waals surface area (Å²) in [7, 11) is 0. The highest BCUT2D eigenvalue weighted by Crippen LogP contribution is 2.35. The summed E-state index contributed by atoms with van der Waals surface area (Å²) in [6.07, 6.45) is 4.69. The number of hydrogen-bond donors (Lipinski definition) is 1. The van der Waals surface area contributed by atoms with Gasteiger partial charge in [-0.25, -0.2) is 4.68 Å². The number of rotatable bonds is 8. The van der Waals surface area contributed by atoms with Gasteiger partial charge in [0.2, 0.25) is 0 Å². The van der Waals surface area contributed by atoms with Gasteiger partial charge in [-0.15, -0.1) is 16.4 Å². The van der Waals surface area contributed by atoms with Crippen molar-refractivity contribution in [2.45, 2.75) is 78.6 Å². The molecule has 35 heavy (non-hydrogen) atoms. The summed E-state index contributed by atoms with van der Waals surface area (Å²) < 4.78 is 2.07. The van der Waals surface area contributed by atoms with Gasteiger partial charge in [0.05, 0.1) is 17.6 Å². The Morgan fingerprint density at radius 3 is 2.63 bits per heavy atom. The first-order valence-electron chi connectivity index (χ1n) is 12.6. The van der Waals surface area contributed by atoms with Crippen LogP contribution in [0.4, 0.5) is 0 Å². The van der Waals surface area contributed by atoms with Crippen molar-refractivity contribution in [3.63, 3.8) is 0 Å². The second-order valence-electron chi connectivity index (χ2n) is 10.2. The molecule has 1 atom stereocenters. The highest BCUT2D eigenvalue weighted by atomic mass is 32.1. The van der Waals surface area contributed by atoms with E-state index in [-0.39, 0.29) is 17.5 Å². The van der Waals surface area contributed by atoms with Crippen LogP contribution in [-0.4, -0.2) is 30.1 Å². The lowest BCUT2D eigenvalue weighted by Gasteiger charge is -2.34. The number of H-pyrrole nitrogens is 1. The molecular formula is C27H34N6OS. The Morgan fingerprint density at radius 1 is 1.14 bits per heavy atom. The Morgan fingerprint density at radius 2 is 1.91 bits per heavy atom. The summed E-state index contributed by atoms with van der Waals surface area (Å²) in [5.74, 6) is 1.18. The van der Waals surface area contributed by atoms with E-state index in [2.05, 4.69) is 86.6 Å². The first-order valence-corrected chi connectivity index (χ1v) is 13.5. The van der Waals surface area contributed by atoms with E-state index in [1.54, 1.807) is 11.3 Å². The van der Waals surface area contributed by atoms with Gasteiger partial charge in [0.15, 0.2) is 5.82 Å². The lowest BCUT2D eigenvalue weighted by molar-refractivity contribution is 0.124. The van der Waals surface area contributed by atoms with Gasteiger partial charge in [-0.2, -0.15) is 0 Å². The Labute approximate surface area is 210 Å². The van der Waals surface area contributed by atoms with Crippen LogP contribution >= 0.6 is 11.3 Å². The van der Waals surface area contributed by atoms with Crippen molar-refractivity contribution in [3.05, 3.63) is 73.5 Å². The topological polar surface area (TPSA) is 79.7 Å². The van der Waals surface area contributed by atoms with Crippen LogP contribution in [0.2, 0.25) is 0 Å². The molecule has 3 heterocycles. The maximum atomic E-state index is 13.3. The molecule has 1 unspecified atom stereocenters. The lowest BCUT2D eigenvalue weighted by atomic mass is 9.99. The number of nitrogens with one attached hydrogen (secondary N) is 1. The Hall–Kier alpha value is -2.84. The fourth-order valence-electron chi connectivity index (χ4n) is 5.50. The summed E-state index contributed by atoms with van der Waals surface area (Å²) in [5, 5.41) is 16.3. The van der Waals surface area contributed by atoms with Crippen LogP contribution in [0.5, 0.6) is 0 Å². The largest absolute Gasteiger partial charge is 0.321 e. The molecule has 1 aliphatic carbocycles. The Balaban J connectivity index is 1.57. The molecule has 0 aliphatic heterocycles. The second-order valence-corrected chi connectivity index (χ2v) is 11.2. The second kappa shape index (κ2) is 10.0. The zero-order valence-corrected chi connectivity index (χ0v) is 21.8.